The maximum atomic E-state index is 12.8. The molecule has 140 valence electrons. The summed E-state index contributed by atoms with van der Waals surface area (Å²) in [5.41, 5.74) is 1.67. The first-order chi connectivity index (χ1) is 13.5. The summed E-state index contributed by atoms with van der Waals surface area (Å²) in [5, 5.41) is 9.49. The Bertz CT molecular complexity index is 1150. The van der Waals surface area contributed by atoms with Crippen LogP contribution in [0.4, 0.5) is 0 Å². The number of carbonyl (C=O) groups excluding carboxylic acids is 1. The molecule has 0 radical (unpaired) electrons. The average molecular weight is 437 g/mol. The molecule has 2 aromatic carbocycles. The van der Waals surface area contributed by atoms with Gasteiger partial charge in [0.15, 0.2) is 0 Å². The second kappa shape index (κ2) is 8.63. The van der Waals surface area contributed by atoms with Crippen LogP contribution in [-0.4, -0.2) is 26.9 Å². The fourth-order valence-corrected chi connectivity index (χ4v) is 3.22. The predicted octanol–water partition coefficient (Wildman–Crippen LogP) is 3.25. The minimum Gasteiger partial charge on any atom is -0.333 e. The quantitative estimate of drug-likeness (QED) is 0.555. The van der Waals surface area contributed by atoms with Crippen LogP contribution in [0.2, 0.25) is 0 Å². The van der Waals surface area contributed by atoms with Crippen molar-refractivity contribution in [3.8, 4) is 6.07 Å². The lowest BCUT2D eigenvalue weighted by molar-refractivity contribution is -0.132. The number of nitriles is 1. The Balaban J connectivity index is 1.85. The van der Waals surface area contributed by atoms with E-state index < -0.39 is 0 Å². The van der Waals surface area contributed by atoms with Crippen LogP contribution in [-0.2, 0) is 17.9 Å². The molecule has 1 heterocycles. The summed E-state index contributed by atoms with van der Waals surface area (Å²) in [4.78, 5) is 31.4. The molecule has 0 spiro atoms. The minimum atomic E-state index is -0.273. The van der Waals surface area contributed by atoms with Crippen LogP contribution in [0.15, 0.2) is 70.7 Å². The normalized spacial score (nSPS) is 10.4. The van der Waals surface area contributed by atoms with Crippen molar-refractivity contribution in [1.29, 1.82) is 5.26 Å². The third kappa shape index (κ3) is 4.35. The topological polar surface area (TPSA) is 79.0 Å². The maximum Gasteiger partial charge on any atom is 0.261 e. The maximum absolute atomic E-state index is 12.8. The van der Waals surface area contributed by atoms with Gasteiger partial charge in [-0.3, -0.25) is 14.2 Å². The Kier molecular flexibility index (Phi) is 6.02. The molecule has 0 aliphatic rings. The SMILES string of the molecule is C=CCN(Cc1cccc(C#N)c1)C(=O)Cn1cnc2ccc(Br)cc2c1=O. The van der Waals surface area contributed by atoms with Crippen molar-refractivity contribution in [3.05, 3.63) is 87.4 Å². The van der Waals surface area contributed by atoms with E-state index in [0.717, 1.165) is 10.0 Å². The number of amides is 1. The number of fused-ring (bicyclic) bond motifs is 1. The highest BCUT2D eigenvalue weighted by Gasteiger charge is 2.15. The number of aromatic nitrogens is 2. The van der Waals surface area contributed by atoms with Gasteiger partial charge in [-0.05, 0) is 35.9 Å². The van der Waals surface area contributed by atoms with Crippen molar-refractivity contribution in [3.63, 3.8) is 0 Å². The molecule has 3 aromatic rings. The van der Waals surface area contributed by atoms with E-state index in [-0.39, 0.29) is 18.0 Å². The molecule has 0 saturated heterocycles. The first kappa shape index (κ1) is 19.5. The van der Waals surface area contributed by atoms with Crippen molar-refractivity contribution in [2.45, 2.75) is 13.1 Å². The van der Waals surface area contributed by atoms with Gasteiger partial charge in [0.2, 0.25) is 5.91 Å². The summed E-state index contributed by atoms with van der Waals surface area (Å²) in [7, 11) is 0. The zero-order valence-corrected chi connectivity index (χ0v) is 16.6. The molecule has 1 amide bonds. The van der Waals surface area contributed by atoms with Crippen LogP contribution in [0.1, 0.15) is 11.1 Å². The fourth-order valence-electron chi connectivity index (χ4n) is 2.86. The standard InChI is InChI=1S/C21H17BrN4O2/c1-2-8-25(12-16-5-3-4-15(9-16)11-23)20(27)13-26-14-24-19-7-6-17(22)10-18(19)21(26)28/h2-7,9-10,14H,1,8,12-13H2. The van der Waals surface area contributed by atoms with Crippen LogP contribution < -0.4 is 5.56 Å². The molecule has 3 rings (SSSR count). The van der Waals surface area contributed by atoms with Gasteiger partial charge in [-0.25, -0.2) is 4.98 Å². The summed E-state index contributed by atoms with van der Waals surface area (Å²) < 4.78 is 2.08. The molecule has 0 fully saturated rings. The van der Waals surface area contributed by atoms with E-state index in [9.17, 15) is 9.59 Å². The van der Waals surface area contributed by atoms with E-state index in [0.29, 0.717) is 29.6 Å². The number of hydrogen-bond donors (Lipinski definition) is 0. The molecule has 7 heteroatoms. The number of carbonyl (C=O) groups is 1. The van der Waals surface area contributed by atoms with Crippen molar-refractivity contribution < 1.29 is 4.79 Å². The van der Waals surface area contributed by atoms with Crippen LogP contribution >= 0.6 is 15.9 Å². The van der Waals surface area contributed by atoms with Crippen molar-refractivity contribution in [2.24, 2.45) is 0 Å². The van der Waals surface area contributed by atoms with Crippen molar-refractivity contribution in [2.75, 3.05) is 6.54 Å². The Morgan fingerprint density at radius 3 is 2.89 bits per heavy atom. The van der Waals surface area contributed by atoms with Crippen LogP contribution in [0.3, 0.4) is 0 Å². The number of benzene rings is 2. The smallest absolute Gasteiger partial charge is 0.261 e. The molecule has 0 N–H and O–H groups in total. The largest absolute Gasteiger partial charge is 0.333 e. The molecular formula is C21H17BrN4O2. The van der Waals surface area contributed by atoms with Crippen LogP contribution in [0, 0.1) is 11.3 Å². The van der Waals surface area contributed by atoms with Gasteiger partial charge in [0.1, 0.15) is 6.54 Å². The summed E-state index contributed by atoms with van der Waals surface area (Å²) in [5.74, 6) is -0.236. The highest BCUT2D eigenvalue weighted by Crippen LogP contribution is 2.15. The zero-order chi connectivity index (χ0) is 20.1. The molecule has 6 nitrogen and oxygen atoms in total. The molecule has 0 saturated carbocycles. The van der Waals surface area contributed by atoms with Gasteiger partial charge in [-0.1, -0.05) is 34.1 Å². The fraction of sp³-hybridized carbons (Fsp3) is 0.143. The Hall–Kier alpha value is -3.24. The highest BCUT2D eigenvalue weighted by atomic mass is 79.9. The number of nitrogens with zero attached hydrogens (tertiary/aromatic N) is 4. The van der Waals surface area contributed by atoms with Gasteiger partial charge in [0.25, 0.3) is 5.56 Å². The minimum absolute atomic E-state index is 0.125. The predicted molar refractivity (Wildman–Crippen MR) is 110 cm³/mol. The summed E-state index contributed by atoms with van der Waals surface area (Å²) >= 11 is 3.35. The lowest BCUT2D eigenvalue weighted by Gasteiger charge is -2.22. The molecule has 0 unspecified atom stereocenters. The Labute approximate surface area is 170 Å². The Morgan fingerprint density at radius 2 is 2.14 bits per heavy atom. The van der Waals surface area contributed by atoms with Crippen LogP contribution in [0.25, 0.3) is 10.9 Å². The van der Waals surface area contributed by atoms with E-state index in [1.165, 1.54) is 10.9 Å². The molecule has 0 aliphatic heterocycles. The van der Waals surface area contributed by atoms with E-state index >= 15 is 0 Å². The average Bonchev–Trinajstić information content (AvgIpc) is 2.70. The van der Waals surface area contributed by atoms with Crippen LogP contribution in [0.5, 0.6) is 0 Å². The van der Waals surface area contributed by atoms with Gasteiger partial charge >= 0.3 is 0 Å². The summed E-state index contributed by atoms with van der Waals surface area (Å²) in [6.07, 6.45) is 3.02. The third-order valence-electron chi connectivity index (χ3n) is 4.22. The summed E-state index contributed by atoms with van der Waals surface area (Å²) in [6.45, 7) is 4.23. The van der Waals surface area contributed by atoms with E-state index in [1.807, 2.05) is 12.1 Å². The van der Waals surface area contributed by atoms with Gasteiger partial charge in [0.05, 0.1) is 28.9 Å². The number of rotatable bonds is 6. The second-order valence-electron chi connectivity index (χ2n) is 6.21. The first-order valence-corrected chi connectivity index (χ1v) is 9.33. The van der Waals surface area contributed by atoms with Gasteiger partial charge < -0.3 is 4.90 Å². The lowest BCUT2D eigenvalue weighted by atomic mass is 10.1. The number of halogens is 1. The van der Waals surface area contributed by atoms with E-state index in [1.54, 1.807) is 41.3 Å². The van der Waals surface area contributed by atoms with Crippen molar-refractivity contribution in [1.82, 2.24) is 14.5 Å². The molecular weight excluding hydrogens is 420 g/mol. The Morgan fingerprint density at radius 1 is 1.32 bits per heavy atom. The van der Waals surface area contributed by atoms with Gasteiger partial charge in [-0.15, -0.1) is 6.58 Å². The molecule has 1 aromatic heterocycles. The molecule has 0 bridgehead atoms. The first-order valence-electron chi connectivity index (χ1n) is 8.54. The van der Waals surface area contributed by atoms with E-state index in [2.05, 4.69) is 33.6 Å². The third-order valence-corrected chi connectivity index (χ3v) is 4.72. The monoisotopic (exact) mass is 436 g/mol. The number of hydrogen-bond acceptors (Lipinski definition) is 4. The zero-order valence-electron chi connectivity index (χ0n) is 15.0. The van der Waals surface area contributed by atoms with E-state index in [4.69, 9.17) is 5.26 Å². The molecule has 28 heavy (non-hydrogen) atoms. The lowest BCUT2D eigenvalue weighted by Crippen LogP contribution is -2.36. The van der Waals surface area contributed by atoms with Crippen molar-refractivity contribution >= 4 is 32.7 Å². The van der Waals surface area contributed by atoms with Gasteiger partial charge in [0, 0.05) is 17.6 Å². The second-order valence-corrected chi connectivity index (χ2v) is 7.13. The highest BCUT2D eigenvalue weighted by molar-refractivity contribution is 9.10. The van der Waals surface area contributed by atoms with Gasteiger partial charge in [-0.2, -0.15) is 5.26 Å². The summed E-state index contributed by atoms with van der Waals surface area (Å²) in [6, 6.07) is 14.4. The molecule has 0 aliphatic carbocycles. The molecule has 0 atom stereocenters.